The Kier molecular flexibility index (Phi) is 4.49. The molecular weight excluding hydrogens is 306 g/mol. The molecule has 0 radical (unpaired) electrons. The molecule has 0 fully saturated rings. The fraction of sp³-hybridized carbons (Fsp3) is 0.0588. The molecule has 0 aliphatic carbocycles. The van der Waals surface area contributed by atoms with Crippen LogP contribution in [0.15, 0.2) is 59.3 Å². The summed E-state index contributed by atoms with van der Waals surface area (Å²) in [6, 6.07) is 13.8. The SMILES string of the molecule is N#Cc1cccc(NC(=O)c2ccnc(NCc3ccco3)n2)c1. The Morgan fingerprint density at radius 1 is 1.25 bits per heavy atom. The lowest BCUT2D eigenvalue weighted by Gasteiger charge is -2.07. The number of carbonyl (C=O) groups is 1. The van der Waals surface area contributed by atoms with Gasteiger partial charge in [0.05, 0.1) is 24.4 Å². The van der Waals surface area contributed by atoms with E-state index in [4.69, 9.17) is 9.68 Å². The van der Waals surface area contributed by atoms with E-state index in [-0.39, 0.29) is 11.6 Å². The standard InChI is InChI=1S/C17H13N5O2/c18-10-12-3-1-4-13(9-12)21-16(23)15-6-7-19-17(22-15)20-11-14-5-2-8-24-14/h1-9H,11H2,(H,21,23)(H,19,20,22). The predicted molar refractivity (Wildman–Crippen MR) is 87.2 cm³/mol. The van der Waals surface area contributed by atoms with Gasteiger partial charge < -0.3 is 15.1 Å². The van der Waals surface area contributed by atoms with Crippen LogP contribution in [0.3, 0.4) is 0 Å². The van der Waals surface area contributed by atoms with Gasteiger partial charge in [0, 0.05) is 11.9 Å². The fourth-order valence-corrected chi connectivity index (χ4v) is 2.01. The van der Waals surface area contributed by atoms with Gasteiger partial charge in [-0.05, 0) is 36.4 Å². The number of furan rings is 1. The summed E-state index contributed by atoms with van der Waals surface area (Å²) in [6.45, 7) is 0.419. The molecule has 2 N–H and O–H groups in total. The van der Waals surface area contributed by atoms with Crippen molar-refractivity contribution in [2.45, 2.75) is 6.54 Å². The Bertz CT molecular complexity index is 884. The van der Waals surface area contributed by atoms with Gasteiger partial charge in [0.2, 0.25) is 5.95 Å². The van der Waals surface area contributed by atoms with Crippen LogP contribution in [0.1, 0.15) is 21.8 Å². The maximum atomic E-state index is 12.3. The van der Waals surface area contributed by atoms with Crippen LogP contribution in [0.25, 0.3) is 0 Å². The molecule has 0 atom stereocenters. The predicted octanol–water partition coefficient (Wildman–Crippen LogP) is 2.81. The lowest BCUT2D eigenvalue weighted by atomic mass is 10.2. The Labute approximate surface area is 138 Å². The lowest BCUT2D eigenvalue weighted by molar-refractivity contribution is 0.102. The minimum absolute atomic E-state index is 0.217. The van der Waals surface area contributed by atoms with Gasteiger partial charge in [0.1, 0.15) is 11.5 Å². The van der Waals surface area contributed by atoms with E-state index in [9.17, 15) is 4.79 Å². The molecule has 2 aromatic heterocycles. The first kappa shape index (κ1) is 15.2. The van der Waals surface area contributed by atoms with Crippen molar-refractivity contribution in [1.82, 2.24) is 9.97 Å². The molecule has 7 heteroatoms. The van der Waals surface area contributed by atoms with Crippen LogP contribution >= 0.6 is 0 Å². The molecule has 0 unspecified atom stereocenters. The number of rotatable bonds is 5. The monoisotopic (exact) mass is 319 g/mol. The largest absolute Gasteiger partial charge is 0.467 e. The van der Waals surface area contributed by atoms with E-state index in [2.05, 4.69) is 20.6 Å². The van der Waals surface area contributed by atoms with Gasteiger partial charge in [-0.2, -0.15) is 5.26 Å². The zero-order chi connectivity index (χ0) is 16.8. The molecule has 7 nitrogen and oxygen atoms in total. The van der Waals surface area contributed by atoms with Crippen LogP contribution in [0.4, 0.5) is 11.6 Å². The highest BCUT2D eigenvalue weighted by molar-refractivity contribution is 6.03. The van der Waals surface area contributed by atoms with Crippen LogP contribution in [0.2, 0.25) is 0 Å². The average molecular weight is 319 g/mol. The molecular formula is C17H13N5O2. The molecule has 0 saturated carbocycles. The minimum atomic E-state index is -0.381. The summed E-state index contributed by atoms with van der Waals surface area (Å²) in [5.74, 6) is 0.681. The van der Waals surface area contributed by atoms with Crippen molar-refractivity contribution in [3.63, 3.8) is 0 Å². The number of hydrogen-bond acceptors (Lipinski definition) is 6. The van der Waals surface area contributed by atoms with Crippen molar-refractivity contribution in [2.24, 2.45) is 0 Å². The van der Waals surface area contributed by atoms with Crippen molar-refractivity contribution in [1.29, 1.82) is 5.26 Å². The number of amides is 1. The fourth-order valence-electron chi connectivity index (χ4n) is 2.01. The zero-order valence-electron chi connectivity index (χ0n) is 12.6. The van der Waals surface area contributed by atoms with Gasteiger partial charge in [-0.25, -0.2) is 9.97 Å². The third kappa shape index (κ3) is 3.75. The highest BCUT2D eigenvalue weighted by Crippen LogP contribution is 2.12. The quantitative estimate of drug-likeness (QED) is 0.749. The summed E-state index contributed by atoms with van der Waals surface area (Å²) in [4.78, 5) is 20.5. The number of benzene rings is 1. The summed E-state index contributed by atoms with van der Waals surface area (Å²) in [5.41, 5.74) is 1.22. The van der Waals surface area contributed by atoms with Gasteiger partial charge in [-0.15, -0.1) is 0 Å². The molecule has 2 heterocycles. The van der Waals surface area contributed by atoms with Crippen molar-refractivity contribution in [3.8, 4) is 6.07 Å². The highest BCUT2D eigenvalue weighted by Gasteiger charge is 2.10. The Balaban J connectivity index is 1.68. The van der Waals surface area contributed by atoms with E-state index < -0.39 is 0 Å². The molecule has 3 rings (SSSR count). The third-order valence-electron chi connectivity index (χ3n) is 3.14. The number of hydrogen-bond donors (Lipinski definition) is 2. The summed E-state index contributed by atoms with van der Waals surface area (Å²) in [7, 11) is 0. The van der Waals surface area contributed by atoms with Crippen LogP contribution in [0, 0.1) is 11.3 Å². The molecule has 118 valence electrons. The van der Waals surface area contributed by atoms with E-state index in [0.717, 1.165) is 5.76 Å². The number of nitrogens with one attached hydrogen (secondary N) is 2. The topological polar surface area (TPSA) is 104 Å². The molecule has 3 aromatic rings. The summed E-state index contributed by atoms with van der Waals surface area (Å²) < 4.78 is 5.21. The van der Waals surface area contributed by atoms with Crippen LogP contribution in [0.5, 0.6) is 0 Å². The summed E-state index contributed by atoms with van der Waals surface area (Å²) >= 11 is 0. The first-order valence-corrected chi connectivity index (χ1v) is 7.15. The van der Waals surface area contributed by atoms with Crippen molar-refractivity contribution in [2.75, 3.05) is 10.6 Å². The van der Waals surface area contributed by atoms with Crippen LogP contribution < -0.4 is 10.6 Å². The van der Waals surface area contributed by atoms with E-state index in [1.165, 1.54) is 12.3 Å². The molecule has 0 aliphatic heterocycles. The molecule has 1 aromatic carbocycles. The average Bonchev–Trinajstić information content (AvgIpc) is 3.14. The lowest BCUT2D eigenvalue weighted by Crippen LogP contribution is -2.15. The van der Waals surface area contributed by atoms with Gasteiger partial charge in [0.15, 0.2) is 0 Å². The first-order valence-electron chi connectivity index (χ1n) is 7.15. The zero-order valence-corrected chi connectivity index (χ0v) is 12.6. The molecule has 0 aliphatic rings. The Morgan fingerprint density at radius 3 is 2.96 bits per heavy atom. The van der Waals surface area contributed by atoms with E-state index >= 15 is 0 Å². The first-order chi connectivity index (χ1) is 11.7. The normalized spacial score (nSPS) is 9.96. The Hall–Kier alpha value is -3.66. The Morgan fingerprint density at radius 2 is 2.17 bits per heavy atom. The maximum Gasteiger partial charge on any atom is 0.274 e. The number of carbonyl (C=O) groups excluding carboxylic acids is 1. The van der Waals surface area contributed by atoms with Gasteiger partial charge >= 0.3 is 0 Å². The molecule has 0 saturated heterocycles. The number of aromatic nitrogens is 2. The van der Waals surface area contributed by atoms with E-state index in [1.54, 1.807) is 36.6 Å². The number of anilines is 2. The van der Waals surface area contributed by atoms with Crippen LogP contribution in [-0.2, 0) is 6.54 Å². The third-order valence-corrected chi connectivity index (χ3v) is 3.14. The summed E-state index contributed by atoms with van der Waals surface area (Å²) in [6.07, 6.45) is 3.08. The second-order valence-electron chi connectivity index (χ2n) is 4.85. The smallest absolute Gasteiger partial charge is 0.274 e. The molecule has 0 bridgehead atoms. The highest BCUT2D eigenvalue weighted by atomic mass is 16.3. The van der Waals surface area contributed by atoms with E-state index in [0.29, 0.717) is 23.7 Å². The van der Waals surface area contributed by atoms with E-state index in [1.807, 2.05) is 12.1 Å². The van der Waals surface area contributed by atoms with Crippen molar-refractivity contribution in [3.05, 3.63) is 71.9 Å². The van der Waals surface area contributed by atoms with Gasteiger partial charge in [0.25, 0.3) is 5.91 Å². The van der Waals surface area contributed by atoms with Crippen molar-refractivity contribution < 1.29 is 9.21 Å². The van der Waals surface area contributed by atoms with Crippen molar-refractivity contribution >= 4 is 17.5 Å². The molecule has 24 heavy (non-hydrogen) atoms. The minimum Gasteiger partial charge on any atom is -0.467 e. The maximum absolute atomic E-state index is 12.3. The second-order valence-corrected chi connectivity index (χ2v) is 4.85. The number of nitrogens with zero attached hydrogens (tertiary/aromatic N) is 3. The number of nitriles is 1. The molecule has 0 spiro atoms. The van der Waals surface area contributed by atoms with Gasteiger partial charge in [-0.3, -0.25) is 4.79 Å². The molecule has 1 amide bonds. The van der Waals surface area contributed by atoms with Crippen LogP contribution in [-0.4, -0.2) is 15.9 Å². The van der Waals surface area contributed by atoms with Gasteiger partial charge in [-0.1, -0.05) is 6.07 Å². The second kappa shape index (κ2) is 7.07. The summed E-state index contributed by atoms with van der Waals surface area (Å²) in [5, 5.41) is 14.6.